The maximum absolute atomic E-state index is 12.8. The van der Waals surface area contributed by atoms with Crippen molar-refractivity contribution in [2.24, 2.45) is 0 Å². The molecule has 5 aliphatic rings. The summed E-state index contributed by atoms with van der Waals surface area (Å²) in [6.45, 7) is 0.596. The van der Waals surface area contributed by atoms with Crippen LogP contribution in [0, 0.1) is 0 Å². The van der Waals surface area contributed by atoms with Gasteiger partial charge in [0.25, 0.3) is 0 Å². The molecule has 4 aromatic carbocycles. The van der Waals surface area contributed by atoms with E-state index in [9.17, 15) is 69.0 Å². The van der Waals surface area contributed by atoms with Crippen LogP contribution < -0.4 is 20.1 Å². The van der Waals surface area contributed by atoms with Crippen LogP contribution in [-0.2, 0) is 60.6 Å². The fraction of sp³-hybridized carbons (Fsp3) is 0.364. The molecule has 2 amide bonds. The number of ketones is 2. The zero-order chi connectivity index (χ0) is 65.6. The first kappa shape index (κ1) is 68.3. The highest BCUT2D eigenvalue weighted by Crippen LogP contribution is 2.47. The molecule has 6 atom stereocenters. The van der Waals surface area contributed by atoms with Gasteiger partial charge in [0.1, 0.15) is 47.3 Å². The van der Waals surface area contributed by atoms with E-state index < -0.39 is 60.0 Å². The molecule has 8 N–H and O–H groups in total. The number of phenols is 2. The van der Waals surface area contributed by atoms with Crippen LogP contribution in [0.25, 0.3) is 11.1 Å². The molecule has 22 nitrogen and oxygen atoms in total. The fourth-order valence-corrected chi connectivity index (χ4v) is 14.5. The molecule has 0 spiro atoms. The predicted octanol–water partition coefficient (Wildman–Crippen LogP) is 7.19. The molecule has 6 unspecified atom stereocenters. The van der Waals surface area contributed by atoms with E-state index in [2.05, 4.69) is 10.6 Å². The lowest BCUT2D eigenvalue weighted by Crippen LogP contribution is -2.45. The number of amides is 2. The zero-order valence-corrected chi connectivity index (χ0v) is 52.7. The number of benzene rings is 4. The quantitative estimate of drug-likeness (QED) is 0.0169. The molecule has 0 saturated heterocycles. The maximum Gasteiger partial charge on any atom is 0.336 e. The summed E-state index contributed by atoms with van der Waals surface area (Å²) in [5, 5.41) is 65.8. The minimum Gasteiger partial charge on any atom is -0.508 e. The lowest BCUT2D eigenvalue weighted by molar-refractivity contribution is -0.141. The Balaban J connectivity index is 0.620. The molecule has 484 valence electrons. The molecule has 0 radical (unpaired) electrons. The number of aliphatic carboxylic acids is 2. The van der Waals surface area contributed by atoms with Gasteiger partial charge in [-0.25, -0.2) is 19.2 Å². The van der Waals surface area contributed by atoms with Crippen LogP contribution in [0.15, 0.2) is 108 Å². The molecule has 26 heteroatoms. The molecule has 9 rings (SSSR count). The number of carboxylic acids is 4. The van der Waals surface area contributed by atoms with Gasteiger partial charge in [0.15, 0.2) is 11.6 Å². The standard InChI is InChI=1S/C66H66N2O20S4/c69-37-3-9-45-53(27-37)87-54-28-38(70)4-10-46(54)61(45)43-7-1-35(25-49(43)63(75)76)23-41(89)31-85-21-19-83-17-15-59(73)67-51(65(79)80)33-91-57-13-14-58(57)92-34-52(66(81)82)68-60(74)16-18-84-20-22-86-32-42(90)24-36-2-8-44(50(26-36)64(77)78)62-47-11-5-39(71)29-55(47)88-56-30-40(72)6-12-48(56)62/h1-12,25-27,29,51-52,54,56-58,69,71H,13-24,28,30-34H2,(H,67,73)(H,68,74)(H,75,76)(H,77,78)(H,79,80)(H,81,82). The van der Waals surface area contributed by atoms with E-state index in [1.807, 2.05) is 0 Å². The minimum absolute atomic E-state index is 0.00525. The van der Waals surface area contributed by atoms with Crippen molar-refractivity contribution in [3.8, 4) is 23.0 Å². The Morgan fingerprint density at radius 3 is 1.29 bits per heavy atom. The third kappa shape index (κ3) is 17.9. The largest absolute Gasteiger partial charge is 0.508 e. The maximum atomic E-state index is 12.8. The number of hydrogen-bond acceptors (Lipinski definition) is 20. The number of fused-ring (bicyclic) bond motifs is 4. The van der Waals surface area contributed by atoms with Crippen molar-refractivity contribution in [3.63, 3.8) is 0 Å². The number of carbonyl (C=O) groups is 8. The van der Waals surface area contributed by atoms with Gasteiger partial charge in [0, 0.05) is 103 Å². The Morgan fingerprint density at radius 1 is 0.522 bits per heavy atom. The van der Waals surface area contributed by atoms with Crippen molar-refractivity contribution in [2.75, 3.05) is 64.4 Å². The zero-order valence-electron chi connectivity index (χ0n) is 49.5. The van der Waals surface area contributed by atoms with Crippen LogP contribution in [0.5, 0.6) is 23.0 Å². The minimum atomic E-state index is -1.21. The third-order valence-electron chi connectivity index (χ3n) is 15.5. The van der Waals surface area contributed by atoms with E-state index in [1.54, 1.807) is 60.7 Å². The average molecular weight is 1340 g/mol. The first-order valence-corrected chi connectivity index (χ1v) is 32.4. The van der Waals surface area contributed by atoms with Gasteiger partial charge < -0.3 is 69.7 Å². The average Bonchev–Trinajstić information content (AvgIpc) is 0.773. The summed E-state index contributed by atoms with van der Waals surface area (Å²) < 4.78 is 34.6. The number of thioether (sulfide) groups is 2. The van der Waals surface area contributed by atoms with Crippen molar-refractivity contribution >= 4 is 116 Å². The van der Waals surface area contributed by atoms with Crippen LogP contribution in [-0.4, -0.2) is 187 Å². The number of carboxylic acid groups (broad SMARTS) is 4. The second-order valence-corrected chi connectivity index (χ2v) is 25.8. The van der Waals surface area contributed by atoms with Crippen LogP contribution in [0.3, 0.4) is 0 Å². The van der Waals surface area contributed by atoms with Crippen molar-refractivity contribution in [1.82, 2.24) is 10.6 Å². The van der Waals surface area contributed by atoms with E-state index in [4.69, 9.17) is 52.9 Å². The van der Waals surface area contributed by atoms with Crippen LogP contribution >= 0.6 is 48.0 Å². The monoisotopic (exact) mass is 1330 g/mol. The Labute approximate surface area is 547 Å². The van der Waals surface area contributed by atoms with Crippen molar-refractivity contribution in [2.45, 2.75) is 86.2 Å². The fourth-order valence-electron chi connectivity index (χ4n) is 10.9. The first-order chi connectivity index (χ1) is 44.2. The number of ether oxygens (including phenoxy) is 6. The van der Waals surface area contributed by atoms with Crippen LogP contribution in [0.4, 0.5) is 0 Å². The summed E-state index contributed by atoms with van der Waals surface area (Å²) in [5.74, 6) is -5.35. The lowest BCUT2D eigenvalue weighted by atomic mass is 9.82. The molecular formula is C66H66N2O20S4. The number of phenolic OH excluding ortho intramolecular Hbond substituents is 2. The number of thiocarbonyl (C=S) groups is 2. The van der Waals surface area contributed by atoms with Gasteiger partial charge in [-0.15, -0.1) is 0 Å². The van der Waals surface area contributed by atoms with E-state index in [1.165, 1.54) is 59.9 Å². The van der Waals surface area contributed by atoms with Crippen LogP contribution in [0.1, 0.15) is 92.6 Å². The summed E-state index contributed by atoms with van der Waals surface area (Å²) in [6.07, 6.45) is 6.76. The van der Waals surface area contributed by atoms with E-state index >= 15 is 0 Å². The number of carbonyl (C=O) groups excluding carboxylic acids is 4. The number of aromatic hydroxyl groups is 2. The van der Waals surface area contributed by atoms with E-state index in [-0.39, 0.29) is 148 Å². The number of allylic oxidation sites excluding steroid dienone is 2. The van der Waals surface area contributed by atoms with Crippen molar-refractivity contribution in [3.05, 3.63) is 153 Å². The Morgan fingerprint density at radius 2 is 0.913 bits per heavy atom. The second kappa shape index (κ2) is 32.0. The topological polar surface area (TPSA) is 337 Å². The van der Waals surface area contributed by atoms with Gasteiger partial charge in [0.05, 0.1) is 76.8 Å². The molecule has 2 heterocycles. The van der Waals surface area contributed by atoms with Crippen LogP contribution in [0.2, 0.25) is 0 Å². The molecule has 2 aliphatic heterocycles. The molecule has 92 heavy (non-hydrogen) atoms. The summed E-state index contributed by atoms with van der Waals surface area (Å²) in [7, 11) is 0. The summed E-state index contributed by atoms with van der Waals surface area (Å²) >= 11 is 13.8. The molecule has 1 fully saturated rings. The van der Waals surface area contributed by atoms with Crippen molar-refractivity contribution < 1.29 is 97.4 Å². The predicted molar refractivity (Wildman–Crippen MR) is 347 cm³/mol. The van der Waals surface area contributed by atoms with Crippen molar-refractivity contribution in [1.29, 1.82) is 0 Å². The first-order valence-electron chi connectivity index (χ1n) is 29.4. The highest BCUT2D eigenvalue weighted by atomic mass is 32.2. The normalized spacial score (nSPS) is 18.4. The number of nitrogens with one attached hydrogen (secondary N) is 2. The van der Waals surface area contributed by atoms with Gasteiger partial charge in [-0.2, -0.15) is 23.5 Å². The number of aromatic carboxylic acids is 2. The smallest absolute Gasteiger partial charge is 0.336 e. The Bertz CT molecular complexity index is 3470. The Kier molecular flexibility index (Phi) is 23.7. The highest BCUT2D eigenvalue weighted by Gasteiger charge is 2.37. The summed E-state index contributed by atoms with van der Waals surface area (Å²) in [6, 6.07) is 16.8. The molecule has 4 aromatic rings. The SMILES string of the molecule is O=C1C=CC2=C(c3ccc(CC(=S)COCCOCCC(=O)NC(CSC4CCC4SCC(NC(=O)CCOCCOCC(=S)Cc4ccc(C5=C6C=CC(=O)CC6Oc6cc(O)ccc65)c(C(=O)O)c4)C(=O)O)C(=O)O)cc3C(=O)O)c3ccc(O)cc3OC2C1. The van der Waals surface area contributed by atoms with Gasteiger partial charge in [-0.05, 0) is 83.6 Å². The third-order valence-corrected chi connectivity index (χ3v) is 19.2. The van der Waals surface area contributed by atoms with Gasteiger partial charge >= 0.3 is 23.9 Å². The van der Waals surface area contributed by atoms with E-state index in [0.29, 0.717) is 76.9 Å². The van der Waals surface area contributed by atoms with Gasteiger partial charge in [0.2, 0.25) is 11.8 Å². The summed E-state index contributed by atoms with van der Waals surface area (Å²) in [5.41, 5.74) is 5.77. The highest BCUT2D eigenvalue weighted by molar-refractivity contribution is 8.04. The number of rotatable bonds is 34. The molecular weight excluding hydrogens is 1270 g/mol. The molecule has 0 bridgehead atoms. The summed E-state index contributed by atoms with van der Waals surface area (Å²) in [4.78, 5) is 101. The van der Waals surface area contributed by atoms with Gasteiger partial charge in [-0.3, -0.25) is 19.2 Å². The van der Waals surface area contributed by atoms with Gasteiger partial charge in [-0.1, -0.05) is 60.9 Å². The second-order valence-electron chi connectivity index (χ2n) is 22.1. The number of hydrogen-bond donors (Lipinski definition) is 8. The molecule has 0 aromatic heterocycles. The molecule has 3 aliphatic carbocycles. The lowest BCUT2D eigenvalue weighted by Gasteiger charge is -2.36. The molecule has 1 saturated carbocycles. The van der Waals surface area contributed by atoms with E-state index in [0.717, 1.165) is 12.8 Å². The Hall–Kier alpha value is -8.08.